The van der Waals surface area contributed by atoms with Gasteiger partial charge in [0.1, 0.15) is 16.7 Å². The summed E-state index contributed by atoms with van der Waals surface area (Å²) in [7, 11) is 0. The van der Waals surface area contributed by atoms with E-state index >= 15 is 0 Å². The van der Waals surface area contributed by atoms with E-state index in [4.69, 9.17) is 8.83 Å². The fourth-order valence-corrected chi connectivity index (χ4v) is 8.03. The van der Waals surface area contributed by atoms with Crippen molar-refractivity contribution in [2.24, 2.45) is 0 Å². The van der Waals surface area contributed by atoms with Gasteiger partial charge in [0, 0.05) is 27.2 Å². The van der Waals surface area contributed by atoms with Gasteiger partial charge in [-0.25, -0.2) is 0 Å². The SMILES string of the molecule is c1ccc2c(c1)ccc1cc(-c3ccc(N(c4cccc5c4oc4ccccc45)c4cccc5oc6c7ccccc7ccc6c45)cc3)ccc12. The van der Waals surface area contributed by atoms with Crippen LogP contribution in [0.15, 0.2) is 185 Å². The van der Waals surface area contributed by atoms with Gasteiger partial charge in [-0.2, -0.15) is 0 Å². The van der Waals surface area contributed by atoms with E-state index < -0.39 is 0 Å². The molecule has 238 valence electrons. The quantitative estimate of drug-likeness (QED) is 0.177. The molecule has 0 radical (unpaired) electrons. The molecule has 11 aromatic rings. The maximum Gasteiger partial charge on any atom is 0.159 e. The fourth-order valence-electron chi connectivity index (χ4n) is 8.03. The Morgan fingerprint density at radius 3 is 1.80 bits per heavy atom. The molecule has 0 fully saturated rings. The number of furan rings is 2. The third kappa shape index (κ3) is 4.25. The minimum Gasteiger partial charge on any atom is -0.455 e. The molecule has 2 heterocycles. The molecule has 0 aliphatic rings. The summed E-state index contributed by atoms with van der Waals surface area (Å²) in [6.45, 7) is 0. The number of para-hydroxylation sites is 2. The van der Waals surface area contributed by atoms with Gasteiger partial charge >= 0.3 is 0 Å². The standard InChI is InChI=1S/C48H29NO2/c1-3-11-36-31(9-1)19-20-34-29-33(24-27-37(34)36)30-21-25-35(26-22-30)49(43-16-7-14-40-39-13-5-6-17-44(39)50-48(40)43)42-15-8-18-45-46(42)41-28-23-32-10-2-4-12-38(32)47(41)51-45/h1-29H. The second-order valence-corrected chi connectivity index (χ2v) is 13.3. The van der Waals surface area contributed by atoms with E-state index in [0.29, 0.717) is 0 Å². The van der Waals surface area contributed by atoms with E-state index in [1.54, 1.807) is 0 Å². The lowest BCUT2D eigenvalue weighted by Gasteiger charge is -2.26. The van der Waals surface area contributed by atoms with E-state index in [-0.39, 0.29) is 0 Å². The predicted molar refractivity (Wildman–Crippen MR) is 214 cm³/mol. The van der Waals surface area contributed by atoms with Gasteiger partial charge in [-0.15, -0.1) is 0 Å². The topological polar surface area (TPSA) is 29.5 Å². The molecular weight excluding hydrogens is 623 g/mol. The molecule has 0 bridgehead atoms. The minimum absolute atomic E-state index is 0.847. The zero-order chi connectivity index (χ0) is 33.5. The summed E-state index contributed by atoms with van der Waals surface area (Å²) in [5, 5.41) is 11.7. The number of benzene rings is 9. The molecule has 0 saturated heterocycles. The molecule has 0 aliphatic carbocycles. The van der Waals surface area contributed by atoms with Crippen molar-refractivity contribution < 1.29 is 8.83 Å². The Balaban J connectivity index is 1.13. The van der Waals surface area contributed by atoms with Crippen LogP contribution in [0.5, 0.6) is 0 Å². The first-order valence-electron chi connectivity index (χ1n) is 17.3. The van der Waals surface area contributed by atoms with Crippen molar-refractivity contribution in [3.8, 4) is 11.1 Å². The monoisotopic (exact) mass is 651 g/mol. The lowest BCUT2D eigenvalue weighted by Crippen LogP contribution is -2.10. The number of hydrogen-bond acceptors (Lipinski definition) is 3. The first-order valence-corrected chi connectivity index (χ1v) is 17.3. The first-order chi connectivity index (χ1) is 25.3. The van der Waals surface area contributed by atoms with Crippen LogP contribution in [0.25, 0.3) is 87.3 Å². The summed E-state index contributed by atoms with van der Waals surface area (Å²) in [5.41, 5.74) is 8.84. The van der Waals surface area contributed by atoms with Gasteiger partial charge in [0.2, 0.25) is 0 Å². The van der Waals surface area contributed by atoms with Crippen molar-refractivity contribution in [2.45, 2.75) is 0 Å². The van der Waals surface area contributed by atoms with Gasteiger partial charge in [-0.1, -0.05) is 127 Å². The summed E-state index contributed by atoms with van der Waals surface area (Å²) in [5.74, 6) is 0. The van der Waals surface area contributed by atoms with Gasteiger partial charge in [-0.3, -0.25) is 0 Å². The molecule has 0 spiro atoms. The van der Waals surface area contributed by atoms with Crippen LogP contribution in [-0.2, 0) is 0 Å². The third-order valence-electron chi connectivity index (χ3n) is 10.4. The van der Waals surface area contributed by atoms with Crippen LogP contribution in [0, 0.1) is 0 Å². The van der Waals surface area contributed by atoms with E-state index in [1.807, 2.05) is 12.1 Å². The largest absolute Gasteiger partial charge is 0.455 e. The molecule has 0 unspecified atom stereocenters. The van der Waals surface area contributed by atoms with Crippen LogP contribution in [0.2, 0.25) is 0 Å². The molecule has 9 aromatic carbocycles. The van der Waals surface area contributed by atoms with Crippen molar-refractivity contribution >= 4 is 93.3 Å². The normalized spacial score (nSPS) is 11.9. The molecule has 0 N–H and O–H groups in total. The predicted octanol–water partition coefficient (Wildman–Crippen LogP) is 14.1. The van der Waals surface area contributed by atoms with E-state index in [0.717, 1.165) is 77.3 Å². The molecular formula is C48H29NO2. The Hall–Kier alpha value is -6.84. The van der Waals surface area contributed by atoms with Crippen molar-refractivity contribution in [1.29, 1.82) is 0 Å². The summed E-state index contributed by atoms with van der Waals surface area (Å²) in [4.78, 5) is 2.33. The second-order valence-electron chi connectivity index (χ2n) is 13.3. The highest BCUT2D eigenvalue weighted by Crippen LogP contribution is 2.47. The van der Waals surface area contributed by atoms with Crippen LogP contribution in [0.3, 0.4) is 0 Å². The Labute approximate surface area is 293 Å². The number of anilines is 3. The number of hydrogen-bond donors (Lipinski definition) is 0. The van der Waals surface area contributed by atoms with Gasteiger partial charge in [0.05, 0.1) is 16.8 Å². The smallest absolute Gasteiger partial charge is 0.159 e. The van der Waals surface area contributed by atoms with Gasteiger partial charge in [-0.05, 0) is 86.6 Å². The second kappa shape index (κ2) is 10.8. The molecule has 3 nitrogen and oxygen atoms in total. The summed E-state index contributed by atoms with van der Waals surface area (Å²) < 4.78 is 13.3. The summed E-state index contributed by atoms with van der Waals surface area (Å²) in [6.07, 6.45) is 0. The molecule has 2 aromatic heterocycles. The van der Waals surface area contributed by atoms with Crippen molar-refractivity contribution in [3.05, 3.63) is 176 Å². The Morgan fingerprint density at radius 1 is 0.333 bits per heavy atom. The fraction of sp³-hybridized carbons (Fsp3) is 0. The molecule has 0 aliphatic heterocycles. The van der Waals surface area contributed by atoms with Gasteiger partial charge < -0.3 is 13.7 Å². The molecule has 0 amide bonds. The van der Waals surface area contributed by atoms with Crippen LogP contribution < -0.4 is 4.90 Å². The van der Waals surface area contributed by atoms with Gasteiger partial charge in [0.15, 0.2) is 5.58 Å². The van der Waals surface area contributed by atoms with Gasteiger partial charge in [0.25, 0.3) is 0 Å². The molecule has 0 saturated carbocycles. The number of nitrogens with zero attached hydrogens (tertiary/aromatic N) is 1. The molecule has 0 atom stereocenters. The Kier molecular flexibility index (Phi) is 5.96. The van der Waals surface area contributed by atoms with Crippen molar-refractivity contribution in [3.63, 3.8) is 0 Å². The molecule has 3 heteroatoms. The maximum absolute atomic E-state index is 6.65. The molecule has 51 heavy (non-hydrogen) atoms. The van der Waals surface area contributed by atoms with Crippen LogP contribution in [0.1, 0.15) is 0 Å². The average molecular weight is 652 g/mol. The Morgan fingerprint density at radius 2 is 0.922 bits per heavy atom. The lowest BCUT2D eigenvalue weighted by molar-refractivity contribution is 0.669. The summed E-state index contributed by atoms with van der Waals surface area (Å²) in [6, 6.07) is 62.5. The lowest BCUT2D eigenvalue weighted by atomic mass is 9.97. The Bertz CT molecular complexity index is 3150. The first kappa shape index (κ1) is 28.0. The zero-order valence-corrected chi connectivity index (χ0v) is 27.5. The minimum atomic E-state index is 0.847. The average Bonchev–Trinajstić information content (AvgIpc) is 3.78. The highest BCUT2D eigenvalue weighted by molar-refractivity contribution is 6.20. The maximum atomic E-state index is 6.65. The van der Waals surface area contributed by atoms with Crippen molar-refractivity contribution in [1.82, 2.24) is 0 Å². The number of rotatable bonds is 4. The highest BCUT2D eigenvalue weighted by atomic mass is 16.3. The number of fused-ring (bicyclic) bond motifs is 11. The van der Waals surface area contributed by atoms with Crippen molar-refractivity contribution in [2.75, 3.05) is 4.90 Å². The van der Waals surface area contributed by atoms with Crippen LogP contribution in [-0.4, -0.2) is 0 Å². The summed E-state index contributed by atoms with van der Waals surface area (Å²) >= 11 is 0. The zero-order valence-electron chi connectivity index (χ0n) is 27.5. The van der Waals surface area contributed by atoms with Crippen LogP contribution >= 0.6 is 0 Å². The van der Waals surface area contributed by atoms with E-state index in [9.17, 15) is 0 Å². The van der Waals surface area contributed by atoms with E-state index in [1.165, 1.54) is 27.1 Å². The van der Waals surface area contributed by atoms with Crippen LogP contribution in [0.4, 0.5) is 17.1 Å². The highest BCUT2D eigenvalue weighted by Gasteiger charge is 2.23. The third-order valence-corrected chi connectivity index (χ3v) is 10.4. The van der Waals surface area contributed by atoms with E-state index in [2.05, 4.69) is 169 Å². The molecule has 11 rings (SSSR count).